The molecule has 0 aromatic carbocycles. The van der Waals surface area contributed by atoms with Crippen LogP contribution in [0, 0.1) is 0 Å². The van der Waals surface area contributed by atoms with E-state index in [2.05, 4.69) is 13.8 Å². The number of rotatable bonds is 34. The first-order valence-electron chi connectivity index (χ1n) is 18.8. The molecule has 1 unspecified atom stereocenters. The molecule has 0 amide bonds. The lowest BCUT2D eigenvalue weighted by molar-refractivity contribution is -0.870. The Hall–Kier alpha value is -0.990. The van der Waals surface area contributed by atoms with E-state index in [1.807, 2.05) is 21.1 Å². The van der Waals surface area contributed by atoms with Gasteiger partial charge in [-0.1, -0.05) is 142 Å². The van der Waals surface area contributed by atoms with Gasteiger partial charge in [-0.25, -0.2) is 4.57 Å². The Morgan fingerprint density at radius 2 is 0.978 bits per heavy atom. The highest BCUT2D eigenvalue weighted by atomic mass is 31.2. The summed E-state index contributed by atoms with van der Waals surface area (Å²) in [6.45, 7) is 4.40. The van der Waals surface area contributed by atoms with Crippen molar-refractivity contribution in [3.05, 3.63) is 0 Å². The lowest BCUT2D eigenvalue weighted by atomic mass is 10.0. The van der Waals surface area contributed by atoms with Crippen LogP contribution in [-0.2, 0) is 32.7 Å². The van der Waals surface area contributed by atoms with Gasteiger partial charge in [-0.3, -0.25) is 18.6 Å². The molecule has 0 aliphatic heterocycles. The van der Waals surface area contributed by atoms with Gasteiger partial charge in [0.2, 0.25) is 0 Å². The fourth-order valence-electron chi connectivity index (χ4n) is 5.13. The van der Waals surface area contributed by atoms with E-state index < -0.39 is 26.5 Å². The molecule has 0 bridgehead atoms. The van der Waals surface area contributed by atoms with E-state index in [9.17, 15) is 19.0 Å². The van der Waals surface area contributed by atoms with Crippen LogP contribution in [-0.4, -0.2) is 74.9 Å². The molecule has 0 fully saturated rings. The average molecular weight is 679 g/mol. The number of carbonyl (C=O) groups excluding carboxylic acids is 2. The molecule has 2 atom stereocenters. The first kappa shape index (κ1) is 45.0. The number of likely N-dealkylation sites (N-methyl/N-ethyl adjacent to an activating group) is 1. The number of ether oxygens (including phenoxy) is 2. The number of quaternary nitrogens is 1. The number of phosphoric ester groups is 1. The molecule has 0 aromatic heterocycles. The summed E-state index contributed by atoms with van der Waals surface area (Å²) >= 11 is 0. The highest BCUT2D eigenvalue weighted by molar-refractivity contribution is 7.47. The first-order chi connectivity index (χ1) is 22.0. The maximum Gasteiger partial charge on any atom is 0.472 e. The van der Waals surface area contributed by atoms with Crippen molar-refractivity contribution >= 4 is 19.8 Å². The Balaban J connectivity index is 4.40. The first-order valence-corrected chi connectivity index (χ1v) is 20.3. The largest absolute Gasteiger partial charge is 0.472 e. The fourth-order valence-corrected chi connectivity index (χ4v) is 5.87. The third-order valence-electron chi connectivity index (χ3n) is 8.14. The third kappa shape index (κ3) is 32.9. The zero-order valence-electron chi connectivity index (χ0n) is 30.6. The van der Waals surface area contributed by atoms with Gasteiger partial charge in [-0.05, 0) is 12.8 Å². The monoisotopic (exact) mass is 679 g/mol. The molecule has 0 spiro atoms. The number of phosphoric acid groups is 1. The van der Waals surface area contributed by atoms with Crippen LogP contribution in [0.15, 0.2) is 0 Å². The summed E-state index contributed by atoms with van der Waals surface area (Å²) in [6.07, 6.45) is 25.8. The van der Waals surface area contributed by atoms with E-state index >= 15 is 0 Å². The van der Waals surface area contributed by atoms with Gasteiger partial charge in [0.15, 0.2) is 6.10 Å². The predicted molar refractivity (Wildman–Crippen MR) is 188 cm³/mol. The Kier molecular flexibility index (Phi) is 29.4. The zero-order valence-corrected chi connectivity index (χ0v) is 31.5. The summed E-state index contributed by atoms with van der Waals surface area (Å²) in [5, 5.41) is 0. The second-order valence-corrected chi connectivity index (χ2v) is 15.4. The summed E-state index contributed by atoms with van der Waals surface area (Å²) in [7, 11) is 1.49. The molecule has 0 aliphatic carbocycles. The summed E-state index contributed by atoms with van der Waals surface area (Å²) in [6, 6.07) is 0. The van der Waals surface area contributed by atoms with E-state index in [0.717, 1.165) is 32.1 Å². The van der Waals surface area contributed by atoms with Crippen molar-refractivity contribution in [3.8, 4) is 0 Å². The van der Waals surface area contributed by atoms with Gasteiger partial charge in [0.25, 0.3) is 0 Å². The summed E-state index contributed by atoms with van der Waals surface area (Å²) in [5.74, 6) is -0.794. The summed E-state index contributed by atoms with van der Waals surface area (Å²) < 4.78 is 34.1. The molecule has 0 rings (SSSR count). The van der Waals surface area contributed by atoms with Crippen LogP contribution in [0.1, 0.15) is 168 Å². The lowest BCUT2D eigenvalue weighted by Crippen LogP contribution is -2.37. The number of esters is 2. The molecule has 10 heteroatoms. The van der Waals surface area contributed by atoms with Crippen molar-refractivity contribution in [2.45, 2.75) is 174 Å². The van der Waals surface area contributed by atoms with E-state index in [1.54, 1.807) is 0 Å². The topological polar surface area (TPSA) is 108 Å². The number of unbranched alkanes of at least 4 members (excludes halogenated alkanes) is 20. The smallest absolute Gasteiger partial charge is 0.462 e. The fraction of sp³-hybridized carbons (Fsp3) is 0.944. The Labute approximate surface area is 283 Å². The third-order valence-corrected chi connectivity index (χ3v) is 9.12. The average Bonchev–Trinajstić information content (AvgIpc) is 2.99. The highest BCUT2D eigenvalue weighted by Crippen LogP contribution is 2.43. The number of hydrogen-bond donors (Lipinski definition) is 1. The molecule has 0 aromatic rings. The normalized spacial score (nSPS) is 13.8. The van der Waals surface area contributed by atoms with Crippen LogP contribution in [0.3, 0.4) is 0 Å². The Morgan fingerprint density at radius 3 is 1.39 bits per heavy atom. The Bertz CT molecular complexity index is 774. The molecule has 274 valence electrons. The van der Waals surface area contributed by atoms with Crippen LogP contribution in [0.4, 0.5) is 0 Å². The highest BCUT2D eigenvalue weighted by Gasteiger charge is 2.27. The Morgan fingerprint density at radius 1 is 0.587 bits per heavy atom. The molecule has 0 aliphatic rings. The molecule has 9 nitrogen and oxygen atoms in total. The minimum atomic E-state index is -4.35. The van der Waals surface area contributed by atoms with Crippen LogP contribution in [0.2, 0.25) is 0 Å². The molecule has 0 saturated heterocycles. The number of carbonyl (C=O) groups is 2. The van der Waals surface area contributed by atoms with Crippen molar-refractivity contribution in [1.29, 1.82) is 0 Å². The molecule has 1 N–H and O–H groups in total. The molecule has 0 heterocycles. The van der Waals surface area contributed by atoms with Crippen LogP contribution in [0.25, 0.3) is 0 Å². The van der Waals surface area contributed by atoms with Crippen molar-refractivity contribution in [2.75, 3.05) is 47.5 Å². The molecular weight excluding hydrogens is 605 g/mol. The quantitative estimate of drug-likeness (QED) is 0.0310. The second-order valence-electron chi connectivity index (χ2n) is 14.0. The van der Waals surface area contributed by atoms with Gasteiger partial charge < -0.3 is 18.9 Å². The van der Waals surface area contributed by atoms with Crippen LogP contribution >= 0.6 is 7.82 Å². The standard InChI is InChI=1S/C36H72NO8P/c1-6-8-10-12-14-16-17-18-19-21-22-24-26-28-35(38)42-32-34(33-44-46(40,41)43-31-30-37(3,4)5)45-36(39)29-27-25-23-20-15-13-11-9-7-2/h34H,6-33H2,1-5H3/p+1/t34-/m0/s1. The van der Waals surface area contributed by atoms with Crippen molar-refractivity contribution in [3.63, 3.8) is 0 Å². The lowest BCUT2D eigenvalue weighted by Gasteiger charge is -2.24. The van der Waals surface area contributed by atoms with E-state index in [-0.39, 0.29) is 25.6 Å². The van der Waals surface area contributed by atoms with E-state index in [1.165, 1.54) is 103 Å². The second kappa shape index (κ2) is 30.1. The van der Waals surface area contributed by atoms with Gasteiger partial charge in [0.1, 0.15) is 19.8 Å². The van der Waals surface area contributed by atoms with Crippen molar-refractivity contribution < 1.29 is 42.1 Å². The van der Waals surface area contributed by atoms with Gasteiger partial charge in [-0.15, -0.1) is 0 Å². The summed E-state index contributed by atoms with van der Waals surface area (Å²) in [5.41, 5.74) is 0. The minimum absolute atomic E-state index is 0.0362. The van der Waals surface area contributed by atoms with E-state index in [4.69, 9.17) is 18.5 Å². The van der Waals surface area contributed by atoms with Crippen molar-refractivity contribution in [1.82, 2.24) is 0 Å². The van der Waals surface area contributed by atoms with Crippen LogP contribution < -0.4 is 0 Å². The number of nitrogens with zero attached hydrogens (tertiary/aromatic N) is 1. The maximum absolute atomic E-state index is 12.5. The predicted octanol–water partition coefficient (Wildman–Crippen LogP) is 9.68. The zero-order chi connectivity index (χ0) is 34.4. The molecular formula is C36H73NO8P+. The molecule has 0 saturated carbocycles. The SMILES string of the molecule is CCCCCCCCCCCCCCCC(=O)OC[C@@H](COP(=O)(O)OCC[N+](C)(C)C)OC(=O)CCCCCCCCCCC. The number of hydrogen-bond acceptors (Lipinski definition) is 7. The van der Waals surface area contributed by atoms with Gasteiger partial charge in [-0.2, -0.15) is 0 Å². The van der Waals surface area contributed by atoms with Crippen molar-refractivity contribution in [2.24, 2.45) is 0 Å². The molecule has 46 heavy (non-hydrogen) atoms. The maximum atomic E-state index is 12.5. The van der Waals surface area contributed by atoms with Gasteiger partial charge in [0.05, 0.1) is 27.7 Å². The van der Waals surface area contributed by atoms with Gasteiger partial charge in [0, 0.05) is 12.8 Å². The summed E-state index contributed by atoms with van der Waals surface area (Å²) in [4.78, 5) is 35.0. The van der Waals surface area contributed by atoms with E-state index in [0.29, 0.717) is 23.9 Å². The molecule has 0 radical (unpaired) electrons. The minimum Gasteiger partial charge on any atom is -0.462 e. The van der Waals surface area contributed by atoms with Crippen LogP contribution in [0.5, 0.6) is 0 Å². The van der Waals surface area contributed by atoms with Gasteiger partial charge >= 0.3 is 19.8 Å².